The largest absolute Gasteiger partial charge is 0.390 e. The third kappa shape index (κ3) is 2.76. The first-order valence-electron chi connectivity index (χ1n) is 5.03. The second-order valence-corrected chi connectivity index (χ2v) is 3.64. The molecule has 2 unspecified atom stereocenters. The van der Waals surface area contributed by atoms with Crippen LogP contribution < -0.4 is 5.73 Å². The number of aliphatic hydroxyl groups is 2. The van der Waals surface area contributed by atoms with Crippen LogP contribution in [0.15, 0.2) is 12.3 Å². The lowest BCUT2D eigenvalue weighted by atomic mass is 10.0. The Labute approximate surface area is 94.2 Å². The predicted molar refractivity (Wildman–Crippen MR) is 58.3 cm³/mol. The van der Waals surface area contributed by atoms with Crippen LogP contribution in [0.4, 0.5) is 0 Å². The van der Waals surface area contributed by atoms with E-state index in [0.717, 1.165) is 0 Å². The molecule has 0 aliphatic carbocycles. The van der Waals surface area contributed by atoms with Crippen LogP contribution in [0.3, 0.4) is 0 Å². The molecule has 2 atom stereocenters. The Bertz CT molecular complexity index is 401. The number of hydrogen-bond donors (Lipinski definition) is 3. The average molecular weight is 221 g/mol. The van der Waals surface area contributed by atoms with Gasteiger partial charge in [-0.05, 0) is 31.5 Å². The fourth-order valence-corrected chi connectivity index (χ4v) is 1.43. The molecular weight excluding hydrogens is 206 g/mol. The third-order valence-electron chi connectivity index (χ3n) is 2.37. The monoisotopic (exact) mass is 221 g/mol. The summed E-state index contributed by atoms with van der Waals surface area (Å²) < 4.78 is 0. The zero-order valence-corrected chi connectivity index (χ0v) is 9.09. The molecule has 16 heavy (non-hydrogen) atoms. The number of hydrogen-bond acceptors (Lipinski definition) is 5. The molecule has 0 aliphatic rings. The van der Waals surface area contributed by atoms with Crippen molar-refractivity contribution in [1.29, 1.82) is 5.26 Å². The number of aromatic nitrogens is 1. The molecule has 0 fully saturated rings. The van der Waals surface area contributed by atoms with E-state index in [4.69, 9.17) is 11.0 Å². The van der Waals surface area contributed by atoms with Gasteiger partial charge in [0.2, 0.25) is 0 Å². The van der Waals surface area contributed by atoms with Crippen molar-refractivity contribution < 1.29 is 10.2 Å². The molecule has 1 aromatic rings. The van der Waals surface area contributed by atoms with Gasteiger partial charge in [0.15, 0.2) is 0 Å². The summed E-state index contributed by atoms with van der Waals surface area (Å²) in [5, 5.41) is 28.0. The van der Waals surface area contributed by atoms with Crippen molar-refractivity contribution in [2.75, 3.05) is 6.54 Å². The minimum atomic E-state index is -1.01. The highest BCUT2D eigenvalue weighted by atomic mass is 16.3. The molecule has 0 aromatic carbocycles. The van der Waals surface area contributed by atoms with Gasteiger partial charge in [-0.1, -0.05) is 0 Å². The van der Waals surface area contributed by atoms with E-state index in [1.807, 2.05) is 6.07 Å². The van der Waals surface area contributed by atoms with E-state index in [9.17, 15) is 10.2 Å². The molecule has 5 nitrogen and oxygen atoms in total. The van der Waals surface area contributed by atoms with Gasteiger partial charge in [0, 0.05) is 11.8 Å². The van der Waals surface area contributed by atoms with E-state index < -0.39 is 12.2 Å². The summed E-state index contributed by atoms with van der Waals surface area (Å²) in [4.78, 5) is 3.90. The summed E-state index contributed by atoms with van der Waals surface area (Å²) in [6.45, 7) is 2.04. The normalized spacial score (nSPS) is 14.2. The lowest BCUT2D eigenvalue weighted by molar-refractivity contribution is 0.0148. The van der Waals surface area contributed by atoms with Crippen LogP contribution in [0.1, 0.15) is 29.3 Å². The minimum absolute atomic E-state index is 0.306. The molecule has 86 valence electrons. The first-order chi connectivity index (χ1) is 7.60. The fraction of sp³-hybridized carbons (Fsp3) is 0.455. The van der Waals surface area contributed by atoms with E-state index in [2.05, 4.69) is 4.98 Å². The number of aryl methyl sites for hydroxylation is 1. The van der Waals surface area contributed by atoms with Gasteiger partial charge in [-0.3, -0.25) is 0 Å². The van der Waals surface area contributed by atoms with Crippen molar-refractivity contribution in [3.63, 3.8) is 0 Å². The average Bonchev–Trinajstić information content (AvgIpc) is 2.28. The van der Waals surface area contributed by atoms with Gasteiger partial charge in [0.1, 0.15) is 17.9 Å². The van der Waals surface area contributed by atoms with Crippen LogP contribution in [-0.4, -0.2) is 27.8 Å². The third-order valence-corrected chi connectivity index (χ3v) is 2.37. The first-order valence-corrected chi connectivity index (χ1v) is 5.03. The van der Waals surface area contributed by atoms with Gasteiger partial charge in [-0.2, -0.15) is 5.26 Å². The summed E-state index contributed by atoms with van der Waals surface area (Å²) in [5.41, 5.74) is 6.79. The Morgan fingerprint density at radius 1 is 1.56 bits per heavy atom. The molecule has 5 heteroatoms. The van der Waals surface area contributed by atoms with Crippen LogP contribution in [0.2, 0.25) is 0 Å². The predicted octanol–water partition coefficient (Wildman–Crippen LogP) is 0.00480. The van der Waals surface area contributed by atoms with Gasteiger partial charge in [0.25, 0.3) is 0 Å². The van der Waals surface area contributed by atoms with E-state index in [1.54, 1.807) is 13.0 Å². The maximum absolute atomic E-state index is 9.78. The second-order valence-electron chi connectivity index (χ2n) is 3.64. The molecule has 0 bridgehead atoms. The number of aliphatic hydroxyl groups excluding tert-OH is 2. The number of nitriles is 1. The van der Waals surface area contributed by atoms with Crippen molar-refractivity contribution in [1.82, 2.24) is 4.98 Å². The quantitative estimate of drug-likeness (QED) is 0.664. The molecule has 1 aromatic heterocycles. The van der Waals surface area contributed by atoms with Gasteiger partial charge in [0.05, 0.1) is 6.10 Å². The highest BCUT2D eigenvalue weighted by molar-refractivity contribution is 5.33. The van der Waals surface area contributed by atoms with Gasteiger partial charge < -0.3 is 15.9 Å². The van der Waals surface area contributed by atoms with Crippen LogP contribution in [0.25, 0.3) is 0 Å². The Kier molecular flexibility index (Phi) is 4.38. The number of nitrogens with two attached hydrogens (primary N) is 1. The van der Waals surface area contributed by atoms with Crippen molar-refractivity contribution in [3.8, 4) is 6.07 Å². The van der Waals surface area contributed by atoms with Crippen molar-refractivity contribution in [2.24, 2.45) is 5.73 Å². The molecule has 0 radical (unpaired) electrons. The highest BCUT2D eigenvalue weighted by Gasteiger charge is 2.18. The number of nitrogens with zero attached hydrogens (tertiary/aromatic N) is 2. The smallest absolute Gasteiger partial charge is 0.143 e. The Morgan fingerprint density at radius 2 is 2.25 bits per heavy atom. The Hall–Kier alpha value is -1.48. The molecule has 4 N–H and O–H groups in total. The van der Waals surface area contributed by atoms with Crippen LogP contribution >= 0.6 is 0 Å². The van der Waals surface area contributed by atoms with E-state index in [0.29, 0.717) is 29.8 Å². The molecule has 0 saturated heterocycles. The molecule has 0 aliphatic heterocycles. The Balaban J connectivity index is 2.89. The SMILES string of the molecule is Cc1cc(C(O)C(O)CCN)cnc1C#N. The summed E-state index contributed by atoms with van der Waals surface area (Å²) in [6.07, 6.45) is -0.197. The minimum Gasteiger partial charge on any atom is -0.390 e. The van der Waals surface area contributed by atoms with Crippen LogP contribution in [0, 0.1) is 18.3 Å². The second kappa shape index (κ2) is 5.56. The van der Waals surface area contributed by atoms with Gasteiger partial charge in [-0.25, -0.2) is 4.98 Å². The summed E-state index contributed by atoms with van der Waals surface area (Å²) in [6, 6.07) is 3.59. The Morgan fingerprint density at radius 3 is 2.75 bits per heavy atom. The number of pyridine rings is 1. The fourth-order valence-electron chi connectivity index (χ4n) is 1.43. The zero-order chi connectivity index (χ0) is 12.1. The molecule has 1 heterocycles. The summed E-state index contributed by atoms with van der Waals surface area (Å²) in [5.74, 6) is 0. The molecule has 0 amide bonds. The van der Waals surface area contributed by atoms with E-state index >= 15 is 0 Å². The lowest BCUT2D eigenvalue weighted by Gasteiger charge is -2.17. The lowest BCUT2D eigenvalue weighted by Crippen LogP contribution is -2.22. The molecule has 0 saturated carbocycles. The standard InChI is InChI=1S/C11H15N3O2/c1-7-4-8(6-14-9(7)5-13)11(16)10(15)2-3-12/h4,6,10-11,15-16H,2-3,12H2,1H3. The van der Waals surface area contributed by atoms with E-state index in [-0.39, 0.29) is 0 Å². The maximum atomic E-state index is 9.78. The van der Waals surface area contributed by atoms with Crippen molar-refractivity contribution in [2.45, 2.75) is 25.6 Å². The summed E-state index contributed by atoms with van der Waals surface area (Å²) >= 11 is 0. The zero-order valence-electron chi connectivity index (χ0n) is 9.09. The topological polar surface area (TPSA) is 103 Å². The molecule has 1 rings (SSSR count). The van der Waals surface area contributed by atoms with Gasteiger partial charge in [-0.15, -0.1) is 0 Å². The maximum Gasteiger partial charge on any atom is 0.143 e. The summed E-state index contributed by atoms with van der Waals surface area (Å²) in [7, 11) is 0. The van der Waals surface area contributed by atoms with Crippen LogP contribution in [-0.2, 0) is 0 Å². The van der Waals surface area contributed by atoms with Crippen molar-refractivity contribution in [3.05, 3.63) is 29.1 Å². The van der Waals surface area contributed by atoms with Gasteiger partial charge >= 0.3 is 0 Å². The molecular formula is C11H15N3O2. The molecule has 0 spiro atoms. The highest BCUT2D eigenvalue weighted by Crippen LogP contribution is 2.19. The van der Waals surface area contributed by atoms with E-state index in [1.165, 1.54) is 6.20 Å². The first kappa shape index (κ1) is 12.6. The van der Waals surface area contributed by atoms with Crippen LogP contribution in [0.5, 0.6) is 0 Å². The number of rotatable bonds is 4. The van der Waals surface area contributed by atoms with Crippen molar-refractivity contribution >= 4 is 0 Å².